The van der Waals surface area contributed by atoms with E-state index in [1.165, 1.54) is 0 Å². The Hall–Kier alpha value is -1.06. The Balaban J connectivity index is 2.06. The third-order valence-corrected chi connectivity index (χ3v) is 4.33. The van der Waals surface area contributed by atoms with Gasteiger partial charge in [-0.15, -0.1) is 0 Å². The predicted octanol–water partition coefficient (Wildman–Crippen LogP) is 2.91. The van der Waals surface area contributed by atoms with Crippen LogP contribution >= 0.6 is 11.6 Å². The van der Waals surface area contributed by atoms with Gasteiger partial charge in [0, 0.05) is 11.6 Å². The maximum Gasteiger partial charge on any atom is 0.228 e. The van der Waals surface area contributed by atoms with Gasteiger partial charge < -0.3 is 10.6 Å². The monoisotopic (exact) mass is 280 g/mol. The van der Waals surface area contributed by atoms with Crippen molar-refractivity contribution in [3.05, 3.63) is 34.9 Å². The maximum atomic E-state index is 12.5. The summed E-state index contributed by atoms with van der Waals surface area (Å²) in [5.41, 5.74) is 0.797. The van der Waals surface area contributed by atoms with Crippen LogP contribution in [0.15, 0.2) is 24.3 Å². The quantitative estimate of drug-likeness (QED) is 0.890. The van der Waals surface area contributed by atoms with Gasteiger partial charge in [-0.2, -0.15) is 0 Å². The number of hydrogen-bond acceptors (Lipinski definition) is 2. The molecule has 2 atom stereocenters. The number of rotatable bonds is 4. The Labute approximate surface area is 119 Å². The third-order valence-electron chi connectivity index (χ3n) is 4.10. The predicted molar refractivity (Wildman–Crippen MR) is 78.2 cm³/mol. The van der Waals surface area contributed by atoms with Gasteiger partial charge in [-0.1, -0.05) is 30.7 Å². The summed E-state index contributed by atoms with van der Waals surface area (Å²) in [6.07, 6.45) is 1.78. The molecule has 19 heavy (non-hydrogen) atoms. The van der Waals surface area contributed by atoms with E-state index in [1.54, 1.807) is 0 Å². The van der Waals surface area contributed by atoms with E-state index in [9.17, 15) is 4.79 Å². The van der Waals surface area contributed by atoms with Crippen LogP contribution in [0, 0.1) is 5.41 Å². The minimum atomic E-state index is -0.243. The SMILES string of the molecule is CCC1(C(=O)N[C@H](C)c2cccc(Cl)c2)CCNC1. The molecule has 0 aliphatic carbocycles. The number of benzene rings is 1. The Kier molecular flexibility index (Phi) is 4.48. The molecule has 1 heterocycles. The van der Waals surface area contributed by atoms with Crippen LogP contribution < -0.4 is 10.6 Å². The van der Waals surface area contributed by atoms with Crippen LogP contribution in [0.4, 0.5) is 0 Å². The summed E-state index contributed by atoms with van der Waals surface area (Å²) in [4.78, 5) is 12.5. The first-order valence-corrected chi connectivity index (χ1v) is 7.22. The molecule has 1 aliphatic rings. The lowest BCUT2D eigenvalue weighted by molar-refractivity contribution is -0.131. The van der Waals surface area contributed by atoms with Crippen molar-refractivity contribution in [3.8, 4) is 0 Å². The summed E-state index contributed by atoms with van der Waals surface area (Å²) in [5.74, 6) is 0.146. The number of carbonyl (C=O) groups is 1. The van der Waals surface area contributed by atoms with Gasteiger partial charge >= 0.3 is 0 Å². The Morgan fingerprint density at radius 2 is 2.37 bits per heavy atom. The third kappa shape index (κ3) is 3.10. The first kappa shape index (κ1) is 14.4. The molecule has 0 spiro atoms. The summed E-state index contributed by atoms with van der Waals surface area (Å²) in [7, 11) is 0. The Morgan fingerprint density at radius 3 is 2.95 bits per heavy atom. The van der Waals surface area contributed by atoms with Gasteiger partial charge in [0.15, 0.2) is 0 Å². The molecule has 1 saturated heterocycles. The molecule has 1 unspecified atom stereocenters. The summed E-state index contributed by atoms with van der Waals surface area (Å²) < 4.78 is 0. The van der Waals surface area contributed by atoms with Gasteiger partial charge in [-0.25, -0.2) is 0 Å². The van der Waals surface area contributed by atoms with Crippen molar-refractivity contribution in [2.24, 2.45) is 5.41 Å². The number of hydrogen-bond donors (Lipinski definition) is 2. The van der Waals surface area contributed by atoms with Crippen molar-refractivity contribution >= 4 is 17.5 Å². The average molecular weight is 281 g/mol. The van der Waals surface area contributed by atoms with Gasteiger partial charge in [-0.05, 0) is 44.0 Å². The molecule has 3 nitrogen and oxygen atoms in total. The van der Waals surface area contributed by atoms with Crippen LogP contribution in [0.3, 0.4) is 0 Å². The van der Waals surface area contributed by atoms with Gasteiger partial charge in [0.2, 0.25) is 5.91 Å². The maximum absolute atomic E-state index is 12.5. The Bertz CT molecular complexity index is 455. The van der Waals surface area contributed by atoms with Crippen LogP contribution in [0.2, 0.25) is 5.02 Å². The van der Waals surface area contributed by atoms with Crippen molar-refractivity contribution in [1.29, 1.82) is 0 Å². The smallest absolute Gasteiger partial charge is 0.228 e. The molecule has 1 aromatic rings. The van der Waals surface area contributed by atoms with Crippen molar-refractivity contribution in [2.45, 2.75) is 32.7 Å². The molecule has 1 aliphatic heterocycles. The average Bonchev–Trinajstić information content (AvgIpc) is 2.88. The van der Waals surface area contributed by atoms with E-state index in [0.717, 1.165) is 31.5 Å². The highest BCUT2D eigenvalue weighted by atomic mass is 35.5. The minimum Gasteiger partial charge on any atom is -0.349 e. The summed E-state index contributed by atoms with van der Waals surface area (Å²) >= 11 is 5.98. The molecule has 0 bridgehead atoms. The van der Waals surface area contributed by atoms with Crippen molar-refractivity contribution in [3.63, 3.8) is 0 Å². The van der Waals surface area contributed by atoms with E-state index in [4.69, 9.17) is 11.6 Å². The molecule has 2 N–H and O–H groups in total. The second kappa shape index (κ2) is 5.93. The van der Waals surface area contributed by atoms with Gasteiger partial charge in [-0.3, -0.25) is 4.79 Å². The van der Waals surface area contributed by atoms with E-state index in [-0.39, 0.29) is 17.4 Å². The first-order valence-electron chi connectivity index (χ1n) is 6.84. The largest absolute Gasteiger partial charge is 0.349 e. The fourth-order valence-electron chi connectivity index (χ4n) is 2.61. The number of amides is 1. The van der Waals surface area contributed by atoms with Crippen LogP contribution in [0.25, 0.3) is 0 Å². The van der Waals surface area contributed by atoms with Crippen molar-refractivity contribution < 1.29 is 4.79 Å². The van der Waals surface area contributed by atoms with Gasteiger partial charge in [0.25, 0.3) is 0 Å². The van der Waals surface area contributed by atoms with Crippen LogP contribution in [-0.4, -0.2) is 19.0 Å². The molecule has 1 amide bonds. The lowest BCUT2D eigenvalue weighted by Crippen LogP contribution is -2.43. The number of nitrogens with one attached hydrogen (secondary N) is 2. The zero-order valence-corrected chi connectivity index (χ0v) is 12.3. The fraction of sp³-hybridized carbons (Fsp3) is 0.533. The van der Waals surface area contributed by atoms with Crippen LogP contribution in [0.1, 0.15) is 38.3 Å². The molecule has 2 rings (SSSR count). The van der Waals surface area contributed by atoms with Crippen LogP contribution in [-0.2, 0) is 4.79 Å². The normalized spacial score (nSPS) is 24.2. The topological polar surface area (TPSA) is 41.1 Å². The summed E-state index contributed by atoms with van der Waals surface area (Å²) in [6.45, 7) is 5.77. The molecular formula is C15H21ClN2O. The zero-order valence-electron chi connectivity index (χ0n) is 11.5. The second-order valence-corrected chi connectivity index (χ2v) is 5.75. The van der Waals surface area contributed by atoms with E-state index < -0.39 is 0 Å². The standard InChI is InChI=1S/C15H21ClN2O/c1-3-15(7-8-17-10-15)14(19)18-11(2)12-5-4-6-13(16)9-12/h4-6,9,11,17H,3,7-8,10H2,1-2H3,(H,18,19)/t11-,15?/m1/s1. The second-order valence-electron chi connectivity index (χ2n) is 5.31. The number of halogens is 1. The number of carbonyl (C=O) groups excluding carboxylic acids is 1. The van der Waals surface area contributed by atoms with Crippen molar-refractivity contribution in [2.75, 3.05) is 13.1 Å². The molecular weight excluding hydrogens is 260 g/mol. The fourth-order valence-corrected chi connectivity index (χ4v) is 2.81. The molecule has 1 aromatic carbocycles. The zero-order chi connectivity index (χ0) is 13.9. The highest BCUT2D eigenvalue weighted by molar-refractivity contribution is 6.30. The van der Waals surface area contributed by atoms with E-state index in [0.29, 0.717) is 5.02 Å². The molecule has 4 heteroatoms. The highest BCUT2D eigenvalue weighted by Crippen LogP contribution is 2.30. The lowest BCUT2D eigenvalue weighted by Gasteiger charge is -2.27. The van der Waals surface area contributed by atoms with E-state index in [1.807, 2.05) is 31.2 Å². The summed E-state index contributed by atoms with van der Waals surface area (Å²) in [6, 6.07) is 7.62. The first-order chi connectivity index (χ1) is 9.07. The van der Waals surface area contributed by atoms with Crippen LogP contribution in [0.5, 0.6) is 0 Å². The molecule has 1 fully saturated rings. The molecule has 0 radical (unpaired) electrons. The van der Waals surface area contributed by atoms with E-state index in [2.05, 4.69) is 17.6 Å². The molecule has 104 valence electrons. The summed E-state index contributed by atoms with van der Waals surface area (Å²) in [5, 5.41) is 7.10. The highest BCUT2D eigenvalue weighted by Gasteiger charge is 2.39. The van der Waals surface area contributed by atoms with Gasteiger partial charge in [0.05, 0.1) is 11.5 Å². The molecule has 0 aromatic heterocycles. The van der Waals surface area contributed by atoms with Gasteiger partial charge in [0.1, 0.15) is 0 Å². The van der Waals surface area contributed by atoms with Crippen molar-refractivity contribution in [1.82, 2.24) is 10.6 Å². The van der Waals surface area contributed by atoms with E-state index >= 15 is 0 Å². The molecule has 0 saturated carbocycles. The minimum absolute atomic E-state index is 0.0183. The Morgan fingerprint density at radius 1 is 1.58 bits per heavy atom. The lowest BCUT2D eigenvalue weighted by atomic mass is 9.83.